The average molecular weight is 455 g/mol. The number of sulfonamides is 1. The summed E-state index contributed by atoms with van der Waals surface area (Å²) in [5, 5.41) is 5.24. The zero-order valence-electron chi connectivity index (χ0n) is 17.4. The van der Waals surface area contributed by atoms with E-state index in [1.165, 1.54) is 24.3 Å². The highest BCUT2D eigenvalue weighted by atomic mass is 32.2. The molecule has 6 nitrogen and oxygen atoms in total. The second-order valence-corrected chi connectivity index (χ2v) is 9.16. The fraction of sp³-hybridized carbons (Fsp3) is 0.381. The molecule has 0 unspecified atom stereocenters. The molecule has 1 heterocycles. The van der Waals surface area contributed by atoms with Gasteiger partial charge in [0.05, 0.1) is 28.0 Å². The van der Waals surface area contributed by atoms with E-state index in [-0.39, 0.29) is 4.90 Å². The Labute approximate surface area is 179 Å². The molecule has 0 atom stereocenters. The molecule has 3 aromatic rings. The van der Waals surface area contributed by atoms with Crippen molar-refractivity contribution >= 4 is 21.1 Å². The molecule has 0 saturated carbocycles. The van der Waals surface area contributed by atoms with Gasteiger partial charge in [-0.3, -0.25) is 4.90 Å². The molecular formula is C21H25F3N4O2S. The monoisotopic (exact) mass is 454 g/mol. The molecule has 0 saturated heterocycles. The molecule has 0 spiro atoms. The fourth-order valence-corrected chi connectivity index (χ4v) is 3.96. The number of rotatable bonds is 8. The lowest BCUT2D eigenvalue weighted by Crippen LogP contribution is -2.20. The minimum atomic E-state index is -4.36. The molecule has 31 heavy (non-hydrogen) atoms. The van der Waals surface area contributed by atoms with Gasteiger partial charge in [-0.25, -0.2) is 18.5 Å². The summed E-state index contributed by atoms with van der Waals surface area (Å²) in [5.41, 5.74) is 1.44. The lowest BCUT2D eigenvalue weighted by atomic mass is 10.1. The number of hydrogen-bond acceptors (Lipinski definition) is 4. The summed E-state index contributed by atoms with van der Waals surface area (Å²) in [6.07, 6.45) is -2.45. The van der Waals surface area contributed by atoms with Crippen molar-refractivity contribution in [2.24, 2.45) is 5.14 Å². The third-order valence-electron chi connectivity index (χ3n) is 5.01. The topological polar surface area (TPSA) is 81.2 Å². The first-order valence-corrected chi connectivity index (χ1v) is 11.4. The minimum Gasteiger partial charge on any atom is -0.327 e. The largest absolute Gasteiger partial charge is 0.416 e. The zero-order chi connectivity index (χ0) is 22.8. The molecular weight excluding hydrogens is 429 g/mol. The fourth-order valence-electron chi connectivity index (χ4n) is 3.43. The number of fused-ring (bicyclic) bond motifs is 1. The van der Waals surface area contributed by atoms with Gasteiger partial charge in [0.2, 0.25) is 10.0 Å². The summed E-state index contributed by atoms with van der Waals surface area (Å²) in [6, 6.07) is 9.74. The number of nitrogens with zero attached hydrogens (tertiary/aromatic N) is 3. The highest BCUT2D eigenvalue weighted by molar-refractivity contribution is 7.89. The summed E-state index contributed by atoms with van der Waals surface area (Å²) >= 11 is 0. The van der Waals surface area contributed by atoms with Crippen molar-refractivity contribution in [3.8, 4) is 0 Å². The first kappa shape index (κ1) is 23.2. The molecule has 10 heteroatoms. The van der Waals surface area contributed by atoms with E-state index in [9.17, 15) is 21.6 Å². The van der Waals surface area contributed by atoms with Crippen LogP contribution in [0.15, 0.2) is 47.4 Å². The highest BCUT2D eigenvalue weighted by Gasteiger charge is 2.30. The molecule has 0 aliphatic rings. The number of aromatic nitrogens is 2. The standard InChI is InChI=1S/C21H25F3N4O2S/c1-3-4-11-28-19-10-9-17(31(25,29)30)12-18(19)26-20(28)14-27(2)13-15-5-7-16(8-6-15)21(22,23)24/h5-10,12H,3-4,11,13-14H2,1-2H3,(H2,25,29,30). The lowest BCUT2D eigenvalue weighted by molar-refractivity contribution is -0.137. The Morgan fingerprint density at radius 2 is 1.77 bits per heavy atom. The first-order valence-electron chi connectivity index (χ1n) is 9.85. The van der Waals surface area contributed by atoms with E-state index in [1.807, 2.05) is 11.9 Å². The summed E-state index contributed by atoms with van der Waals surface area (Å²) in [6.45, 7) is 3.70. The molecule has 0 fully saturated rings. The van der Waals surface area contributed by atoms with Gasteiger partial charge in [0.1, 0.15) is 5.82 Å². The lowest BCUT2D eigenvalue weighted by Gasteiger charge is -2.18. The van der Waals surface area contributed by atoms with Crippen LogP contribution in [0.5, 0.6) is 0 Å². The zero-order valence-corrected chi connectivity index (χ0v) is 18.2. The van der Waals surface area contributed by atoms with Gasteiger partial charge in [-0.15, -0.1) is 0 Å². The number of nitrogens with two attached hydrogens (primary N) is 1. The summed E-state index contributed by atoms with van der Waals surface area (Å²) in [5.74, 6) is 0.754. The maximum atomic E-state index is 12.8. The molecule has 0 aliphatic carbocycles. The average Bonchev–Trinajstić information content (AvgIpc) is 3.01. The third kappa shape index (κ3) is 5.63. The van der Waals surface area contributed by atoms with Crippen LogP contribution in [0.25, 0.3) is 11.0 Å². The van der Waals surface area contributed by atoms with Crippen LogP contribution in [0.3, 0.4) is 0 Å². The molecule has 1 aromatic heterocycles. The van der Waals surface area contributed by atoms with Crippen LogP contribution in [0, 0.1) is 0 Å². The Hall–Kier alpha value is -2.43. The van der Waals surface area contributed by atoms with Crippen LogP contribution in [0.2, 0.25) is 0 Å². The SMILES string of the molecule is CCCCn1c(CN(C)Cc2ccc(C(F)(F)F)cc2)nc2cc(S(N)(=O)=O)ccc21. The predicted octanol–water partition coefficient (Wildman–Crippen LogP) is 4.13. The Balaban J connectivity index is 1.84. The smallest absolute Gasteiger partial charge is 0.327 e. The summed E-state index contributed by atoms with van der Waals surface area (Å²) < 4.78 is 63.7. The number of hydrogen-bond donors (Lipinski definition) is 1. The maximum Gasteiger partial charge on any atom is 0.416 e. The van der Waals surface area contributed by atoms with E-state index < -0.39 is 21.8 Å². The highest BCUT2D eigenvalue weighted by Crippen LogP contribution is 2.29. The Morgan fingerprint density at radius 3 is 2.35 bits per heavy atom. The van der Waals surface area contributed by atoms with Crippen LogP contribution in [0.1, 0.15) is 36.7 Å². The number of benzene rings is 2. The van der Waals surface area contributed by atoms with E-state index >= 15 is 0 Å². The van der Waals surface area contributed by atoms with Crippen molar-refractivity contribution in [1.82, 2.24) is 14.5 Å². The summed E-state index contributed by atoms with van der Waals surface area (Å²) in [4.78, 5) is 6.58. The van der Waals surface area contributed by atoms with Crippen molar-refractivity contribution in [2.45, 2.75) is 50.5 Å². The summed E-state index contributed by atoms with van der Waals surface area (Å²) in [7, 11) is -1.97. The number of unbranched alkanes of at least 4 members (excludes halogenated alkanes) is 1. The van der Waals surface area contributed by atoms with Crippen molar-refractivity contribution in [1.29, 1.82) is 0 Å². The molecule has 0 aliphatic heterocycles. The Bertz CT molecular complexity index is 1160. The van der Waals surface area contributed by atoms with Gasteiger partial charge in [0.15, 0.2) is 0 Å². The molecule has 0 radical (unpaired) electrons. The van der Waals surface area contributed by atoms with E-state index in [0.29, 0.717) is 18.6 Å². The van der Waals surface area contributed by atoms with Crippen LogP contribution >= 0.6 is 0 Å². The molecule has 3 rings (SSSR count). The van der Waals surface area contributed by atoms with Crippen LogP contribution in [0.4, 0.5) is 13.2 Å². The molecule has 2 N–H and O–H groups in total. The van der Waals surface area contributed by atoms with Gasteiger partial charge in [-0.05, 0) is 49.4 Å². The van der Waals surface area contributed by atoms with Crippen molar-refractivity contribution < 1.29 is 21.6 Å². The number of primary sulfonamides is 1. The van der Waals surface area contributed by atoms with Gasteiger partial charge in [-0.1, -0.05) is 25.5 Å². The Morgan fingerprint density at radius 1 is 1.10 bits per heavy atom. The van der Waals surface area contributed by atoms with Crippen molar-refractivity contribution in [3.05, 3.63) is 59.4 Å². The number of imidazole rings is 1. The number of aryl methyl sites for hydroxylation is 1. The van der Waals surface area contributed by atoms with E-state index in [1.54, 1.807) is 6.07 Å². The van der Waals surface area contributed by atoms with Crippen molar-refractivity contribution in [2.75, 3.05) is 7.05 Å². The van der Waals surface area contributed by atoms with Crippen LogP contribution in [-0.2, 0) is 35.8 Å². The van der Waals surface area contributed by atoms with Gasteiger partial charge in [-0.2, -0.15) is 13.2 Å². The van der Waals surface area contributed by atoms with Gasteiger partial charge in [0, 0.05) is 13.1 Å². The van der Waals surface area contributed by atoms with Gasteiger partial charge < -0.3 is 4.57 Å². The molecule has 0 amide bonds. The second kappa shape index (κ2) is 8.97. The van der Waals surface area contributed by atoms with E-state index in [0.717, 1.165) is 48.4 Å². The quantitative estimate of drug-likeness (QED) is 0.555. The minimum absolute atomic E-state index is 0.00444. The Kier molecular flexibility index (Phi) is 6.73. The van der Waals surface area contributed by atoms with Crippen LogP contribution < -0.4 is 5.14 Å². The third-order valence-corrected chi connectivity index (χ3v) is 5.92. The van der Waals surface area contributed by atoms with Gasteiger partial charge >= 0.3 is 6.18 Å². The maximum absolute atomic E-state index is 12.8. The predicted molar refractivity (Wildman–Crippen MR) is 113 cm³/mol. The molecule has 0 bridgehead atoms. The van der Waals surface area contributed by atoms with E-state index in [2.05, 4.69) is 16.5 Å². The second-order valence-electron chi connectivity index (χ2n) is 7.60. The number of halogens is 3. The van der Waals surface area contributed by atoms with Crippen molar-refractivity contribution in [3.63, 3.8) is 0 Å². The van der Waals surface area contributed by atoms with Crippen LogP contribution in [-0.4, -0.2) is 29.9 Å². The first-order chi connectivity index (χ1) is 14.5. The molecule has 2 aromatic carbocycles. The normalized spacial score (nSPS) is 12.7. The van der Waals surface area contributed by atoms with E-state index in [4.69, 9.17) is 5.14 Å². The van der Waals surface area contributed by atoms with Gasteiger partial charge in [0.25, 0.3) is 0 Å². The number of alkyl halides is 3. The molecule has 168 valence electrons.